The quantitative estimate of drug-likeness (QED) is 0.724. The Morgan fingerprint density at radius 1 is 1.20 bits per heavy atom. The number of aromatic nitrogens is 3. The van der Waals surface area contributed by atoms with Crippen LogP contribution in [0.5, 0.6) is 0 Å². The largest absolute Gasteiger partial charge is 0.343 e. The highest BCUT2D eigenvalue weighted by atomic mass is 32.2. The summed E-state index contributed by atoms with van der Waals surface area (Å²) in [6, 6.07) is 4.47. The van der Waals surface area contributed by atoms with Crippen molar-refractivity contribution in [2.24, 2.45) is 0 Å². The maximum absolute atomic E-state index is 12.8. The minimum atomic E-state index is -3.21. The molecule has 1 amide bonds. The van der Waals surface area contributed by atoms with Gasteiger partial charge in [0.05, 0.1) is 24.1 Å². The molecular formula is C15H17N5O4S. The number of nitrogens with zero attached hydrogens (tertiary/aromatic N) is 5. The summed E-state index contributed by atoms with van der Waals surface area (Å²) in [6.07, 6.45) is 2.81. The smallest absolute Gasteiger partial charge is 0.272 e. The van der Waals surface area contributed by atoms with E-state index in [0.717, 1.165) is 0 Å². The molecule has 2 aromatic heterocycles. The predicted molar refractivity (Wildman–Crippen MR) is 86.2 cm³/mol. The molecule has 4 rings (SSSR count). The fourth-order valence-corrected chi connectivity index (χ4v) is 5.57. The maximum Gasteiger partial charge on any atom is 0.272 e. The number of piperazine rings is 1. The van der Waals surface area contributed by atoms with Crippen molar-refractivity contribution in [2.45, 2.75) is 18.6 Å². The highest BCUT2D eigenvalue weighted by Gasteiger charge is 2.48. The third-order valence-electron chi connectivity index (χ3n) is 4.69. The summed E-state index contributed by atoms with van der Waals surface area (Å²) < 4.78 is 29.2. The number of carbonyl (C=O) groups is 1. The molecule has 2 saturated heterocycles. The molecule has 0 aliphatic carbocycles. The zero-order valence-electron chi connectivity index (χ0n) is 13.4. The molecule has 0 bridgehead atoms. The van der Waals surface area contributed by atoms with Gasteiger partial charge in [0.2, 0.25) is 6.39 Å². The van der Waals surface area contributed by atoms with Crippen molar-refractivity contribution in [3.63, 3.8) is 0 Å². The summed E-state index contributed by atoms with van der Waals surface area (Å²) in [7, 11) is -3.21. The molecule has 0 aromatic carbocycles. The molecule has 2 aliphatic rings. The van der Waals surface area contributed by atoms with E-state index in [1.165, 1.54) is 6.39 Å². The Kier molecular flexibility index (Phi) is 4.00. The summed E-state index contributed by atoms with van der Waals surface area (Å²) in [5, 5.41) is 3.79. The van der Waals surface area contributed by atoms with Gasteiger partial charge in [-0.25, -0.2) is 8.42 Å². The molecule has 0 radical (unpaired) electrons. The van der Waals surface area contributed by atoms with E-state index in [9.17, 15) is 13.2 Å². The molecule has 0 unspecified atom stereocenters. The van der Waals surface area contributed by atoms with Crippen molar-refractivity contribution in [3.05, 3.63) is 42.3 Å². The summed E-state index contributed by atoms with van der Waals surface area (Å²) in [6.45, 7) is 1.38. The van der Waals surface area contributed by atoms with Crippen LogP contribution in [0.4, 0.5) is 0 Å². The lowest BCUT2D eigenvalue weighted by molar-refractivity contribution is 0.0291. The number of hydrogen-bond donors (Lipinski definition) is 0. The molecule has 2 aromatic rings. The first kappa shape index (κ1) is 16.2. The van der Waals surface area contributed by atoms with Crippen LogP contribution in [0.15, 0.2) is 35.3 Å². The summed E-state index contributed by atoms with van der Waals surface area (Å²) >= 11 is 0. The Balaban J connectivity index is 1.59. The number of pyridine rings is 1. The minimum absolute atomic E-state index is 0.0288. The van der Waals surface area contributed by atoms with Crippen LogP contribution < -0.4 is 0 Å². The molecule has 25 heavy (non-hydrogen) atoms. The zero-order valence-corrected chi connectivity index (χ0v) is 14.2. The van der Waals surface area contributed by atoms with E-state index >= 15 is 0 Å². The molecule has 0 saturated carbocycles. The molecule has 9 nitrogen and oxygen atoms in total. The minimum Gasteiger partial charge on any atom is -0.343 e. The molecule has 132 valence electrons. The second kappa shape index (κ2) is 6.19. The first-order valence-corrected chi connectivity index (χ1v) is 9.77. The Bertz CT molecular complexity index is 855. The first-order valence-electron chi connectivity index (χ1n) is 7.95. The molecule has 0 spiro atoms. The van der Waals surface area contributed by atoms with Gasteiger partial charge in [-0.2, -0.15) is 4.98 Å². The van der Waals surface area contributed by atoms with Gasteiger partial charge in [0.25, 0.3) is 5.91 Å². The average Bonchev–Trinajstić information content (AvgIpc) is 3.22. The molecular weight excluding hydrogens is 346 g/mol. The maximum atomic E-state index is 12.8. The lowest BCUT2D eigenvalue weighted by Crippen LogP contribution is -2.60. The van der Waals surface area contributed by atoms with Crippen molar-refractivity contribution in [1.29, 1.82) is 0 Å². The fraction of sp³-hybridized carbons (Fsp3) is 0.467. The van der Waals surface area contributed by atoms with E-state index in [-0.39, 0.29) is 29.5 Å². The van der Waals surface area contributed by atoms with E-state index in [0.29, 0.717) is 31.2 Å². The number of fused-ring (bicyclic) bond motifs is 1. The van der Waals surface area contributed by atoms with Gasteiger partial charge < -0.3 is 9.42 Å². The molecule has 4 heterocycles. The lowest BCUT2D eigenvalue weighted by atomic mass is 10.0. The number of carbonyl (C=O) groups excluding carboxylic acids is 1. The number of rotatable bonds is 3. The average molecular weight is 363 g/mol. The number of sulfone groups is 1. The van der Waals surface area contributed by atoms with Crippen molar-refractivity contribution in [2.75, 3.05) is 24.6 Å². The molecule has 2 fully saturated rings. The standard InChI is InChI=1S/C15H17N5O4S/c21-15(11-3-1-2-4-16-11)20-6-5-19(7-14-17-10-24-18-14)12-8-25(22,23)9-13(12)20/h1-4,10,12-13H,5-9H2/t12-,13+/m1/s1. The van der Waals surface area contributed by atoms with Gasteiger partial charge >= 0.3 is 0 Å². The van der Waals surface area contributed by atoms with Gasteiger partial charge in [-0.15, -0.1) is 0 Å². The normalized spacial score (nSPS) is 25.7. The highest BCUT2D eigenvalue weighted by Crippen LogP contribution is 2.28. The van der Waals surface area contributed by atoms with Crippen LogP contribution in [-0.2, 0) is 16.4 Å². The topological polar surface area (TPSA) is 110 Å². The van der Waals surface area contributed by atoms with Gasteiger partial charge in [0, 0.05) is 25.3 Å². The van der Waals surface area contributed by atoms with E-state index in [1.807, 2.05) is 4.90 Å². The van der Waals surface area contributed by atoms with Gasteiger partial charge in [0.1, 0.15) is 5.69 Å². The summed E-state index contributed by atoms with van der Waals surface area (Å²) in [5.41, 5.74) is 0.331. The summed E-state index contributed by atoms with van der Waals surface area (Å²) in [5.74, 6) is 0.278. The Morgan fingerprint density at radius 2 is 2.04 bits per heavy atom. The molecule has 2 atom stereocenters. The third-order valence-corrected chi connectivity index (χ3v) is 6.39. The third kappa shape index (κ3) is 3.14. The van der Waals surface area contributed by atoms with Crippen LogP contribution in [-0.4, -0.2) is 75.9 Å². The highest BCUT2D eigenvalue weighted by molar-refractivity contribution is 7.91. The second-order valence-electron chi connectivity index (χ2n) is 6.24. The Hall–Kier alpha value is -2.33. The van der Waals surface area contributed by atoms with Crippen LogP contribution in [0.1, 0.15) is 16.3 Å². The second-order valence-corrected chi connectivity index (χ2v) is 8.40. The van der Waals surface area contributed by atoms with Crippen molar-refractivity contribution in [1.82, 2.24) is 24.9 Å². The van der Waals surface area contributed by atoms with Gasteiger partial charge in [-0.05, 0) is 12.1 Å². The van der Waals surface area contributed by atoms with E-state index in [1.54, 1.807) is 29.3 Å². The van der Waals surface area contributed by atoms with Crippen molar-refractivity contribution < 1.29 is 17.7 Å². The molecule has 0 N–H and O–H groups in total. The van der Waals surface area contributed by atoms with Gasteiger partial charge in [0.15, 0.2) is 15.7 Å². The van der Waals surface area contributed by atoms with E-state index < -0.39 is 9.84 Å². The lowest BCUT2D eigenvalue weighted by Gasteiger charge is -2.43. The zero-order chi connectivity index (χ0) is 17.4. The Labute approximate surface area is 144 Å². The Morgan fingerprint density at radius 3 is 2.76 bits per heavy atom. The molecule has 10 heteroatoms. The number of hydrogen-bond acceptors (Lipinski definition) is 8. The predicted octanol–water partition coefficient (Wildman–Crippen LogP) is -0.412. The van der Waals surface area contributed by atoms with Gasteiger partial charge in [-0.1, -0.05) is 11.2 Å². The number of amides is 1. The van der Waals surface area contributed by atoms with Crippen molar-refractivity contribution in [3.8, 4) is 0 Å². The van der Waals surface area contributed by atoms with E-state index in [2.05, 4.69) is 15.1 Å². The fourth-order valence-electron chi connectivity index (χ4n) is 3.55. The van der Waals surface area contributed by atoms with Crippen LogP contribution >= 0.6 is 0 Å². The van der Waals surface area contributed by atoms with Crippen molar-refractivity contribution >= 4 is 15.7 Å². The SMILES string of the molecule is O=C(c1ccccn1)N1CCN(Cc2ncon2)[C@@H]2CS(=O)(=O)C[C@@H]21. The van der Waals surface area contributed by atoms with Crippen LogP contribution in [0, 0.1) is 0 Å². The molecule has 2 aliphatic heterocycles. The van der Waals surface area contributed by atoms with Crippen LogP contribution in [0.2, 0.25) is 0 Å². The monoisotopic (exact) mass is 363 g/mol. The first-order chi connectivity index (χ1) is 12.0. The summed E-state index contributed by atoms with van der Waals surface area (Å²) in [4.78, 5) is 24.5. The van der Waals surface area contributed by atoms with Crippen LogP contribution in [0.25, 0.3) is 0 Å². The van der Waals surface area contributed by atoms with Gasteiger partial charge in [-0.3, -0.25) is 14.7 Å². The van der Waals surface area contributed by atoms with E-state index in [4.69, 9.17) is 4.52 Å². The van der Waals surface area contributed by atoms with Crippen LogP contribution in [0.3, 0.4) is 0 Å².